The van der Waals surface area contributed by atoms with Gasteiger partial charge in [-0.15, -0.1) is 0 Å². The standard InChI is InChI=1S/C25H28N6O2.C20H18N4O3/c1-16-28-20-10-17(4-6-22(20)33-16)18-5-7-23-26-11-21(31(23)12-18)24(32)30-13-19(14-30)29-9-8-27-25(2,3)15-29;1-13-22-16-10-14(2-4-18(16)27-13)15-3-5-19-21-11-17(24(19)12-15)20(25)23-6-8-26-9-7-23/h4-7,10-12,19,27H,8-9,13-15H2,1-3H3;2-5,10-12H,6-9H2,1H3/i;6D2,7D2,8D2,9D2. The lowest BCUT2D eigenvalue weighted by Crippen LogP contribution is -2.67. The molecule has 306 valence electrons. The Hall–Kier alpha value is -6.42. The van der Waals surface area contributed by atoms with E-state index in [1.807, 2.05) is 52.8 Å². The van der Waals surface area contributed by atoms with Crippen LogP contribution in [0.3, 0.4) is 0 Å². The quantitative estimate of drug-likeness (QED) is 0.222. The molecule has 0 unspecified atom stereocenters. The average Bonchev–Trinajstić information content (AvgIpc) is 4.04. The molecule has 0 radical (unpaired) electrons. The fourth-order valence-electron chi connectivity index (χ4n) is 7.98. The van der Waals surface area contributed by atoms with Crippen molar-refractivity contribution in [1.29, 1.82) is 0 Å². The molecule has 9 heterocycles. The normalized spacial score (nSPS) is 22.7. The third kappa shape index (κ3) is 7.18. The first-order valence-electron chi connectivity index (χ1n) is 23.5. The molecule has 15 nitrogen and oxygen atoms in total. The number of hydrogen-bond donors (Lipinski definition) is 1. The maximum Gasteiger partial charge on any atom is 0.272 e. The predicted molar refractivity (Wildman–Crippen MR) is 226 cm³/mol. The van der Waals surface area contributed by atoms with Gasteiger partial charge in [-0.05, 0) is 84.6 Å². The number of imidazole rings is 2. The Morgan fingerprint density at radius 2 is 1.25 bits per heavy atom. The Balaban J connectivity index is 0.000000159. The summed E-state index contributed by atoms with van der Waals surface area (Å²) in [5, 5.41) is 3.55. The van der Waals surface area contributed by atoms with Crippen molar-refractivity contribution >= 4 is 45.3 Å². The Labute approximate surface area is 356 Å². The molecule has 2 aromatic carbocycles. The second-order valence-electron chi connectivity index (χ2n) is 15.7. The fourth-order valence-corrected chi connectivity index (χ4v) is 7.98. The van der Waals surface area contributed by atoms with Gasteiger partial charge in [-0.3, -0.25) is 23.3 Å². The van der Waals surface area contributed by atoms with Crippen molar-refractivity contribution in [2.45, 2.75) is 39.3 Å². The lowest BCUT2D eigenvalue weighted by Gasteiger charge is -2.50. The molecule has 15 heteroatoms. The highest BCUT2D eigenvalue weighted by atomic mass is 16.5. The first kappa shape index (κ1) is 29.7. The zero-order valence-electron chi connectivity index (χ0n) is 41.3. The van der Waals surface area contributed by atoms with Gasteiger partial charge in [-0.2, -0.15) is 0 Å². The number of carbonyl (C=O) groups excluding carboxylic acids is 2. The number of hydrogen-bond acceptors (Lipinski definition) is 11. The number of benzene rings is 2. The summed E-state index contributed by atoms with van der Waals surface area (Å²) in [4.78, 5) is 48.4. The highest BCUT2D eigenvalue weighted by molar-refractivity contribution is 5.95. The van der Waals surface area contributed by atoms with E-state index in [1.165, 1.54) is 4.40 Å². The van der Waals surface area contributed by atoms with E-state index < -0.39 is 32.0 Å². The van der Waals surface area contributed by atoms with E-state index in [4.69, 9.17) is 19.8 Å². The number of fused-ring (bicyclic) bond motifs is 4. The van der Waals surface area contributed by atoms with Crippen molar-refractivity contribution < 1.29 is 34.1 Å². The number of likely N-dealkylation sites (tertiary alicyclic amines) is 1. The number of morpholine rings is 1. The highest BCUT2D eigenvalue weighted by Crippen LogP contribution is 2.28. The number of oxazole rings is 2. The summed E-state index contributed by atoms with van der Waals surface area (Å²) in [6, 6.07) is 19.0. The van der Waals surface area contributed by atoms with Gasteiger partial charge in [0.2, 0.25) is 0 Å². The number of nitrogens with one attached hydrogen (secondary N) is 1. The fraction of sp³-hybridized carbons (Fsp3) is 0.333. The molecule has 3 fully saturated rings. The Morgan fingerprint density at radius 3 is 1.78 bits per heavy atom. The second-order valence-corrected chi connectivity index (χ2v) is 15.7. The minimum absolute atomic E-state index is 0.0351. The Kier molecular flexibility index (Phi) is 7.43. The van der Waals surface area contributed by atoms with E-state index >= 15 is 0 Å². The number of piperazine rings is 1. The van der Waals surface area contributed by atoms with E-state index in [9.17, 15) is 9.59 Å². The molecule has 6 aromatic heterocycles. The maximum atomic E-state index is 13.5. The molecule has 60 heavy (non-hydrogen) atoms. The predicted octanol–water partition coefficient (Wildman–Crippen LogP) is 5.88. The van der Waals surface area contributed by atoms with E-state index in [2.05, 4.69) is 48.7 Å². The second kappa shape index (κ2) is 15.0. The molecule has 2 amide bonds. The van der Waals surface area contributed by atoms with E-state index in [0.717, 1.165) is 72.4 Å². The smallest absolute Gasteiger partial charge is 0.272 e. The third-order valence-corrected chi connectivity index (χ3v) is 11.0. The molecule has 3 saturated heterocycles. The number of aryl methyl sites for hydroxylation is 2. The molecule has 11 rings (SSSR count). The number of rotatable bonds is 5. The van der Waals surface area contributed by atoms with E-state index in [1.54, 1.807) is 49.6 Å². The molecule has 0 atom stereocenters. The van der Waals surface area contributed by atoms with Gasteiger partial charge in [0, 0.05) is 83.5 Å². The van der Waals surface area contributed by atoms with Crippen LogP contribution in [-0.2, 0) is 4.74 Å². The summed E-state index contributed by atoms with van der Waals surface area (Å²) in [5.74, 6) is -0.114. The van der Waals surface area contributed by atoms with Gasteiger partial charge in [0.05, 0.1) is 36.5 Å². The highest BCUT2D eigenvalue weighted by Gasteiger charge is 2.39. The molecule has 0 saturated carbocycles. The van der Waals surface area contributed by atoms with Gasteiger partial charge in [0.1, 0.15) is 33.7 Å². The molecule has 0 bridgehead atoms. The maximum absolute atomic E-state index is 13.5. The van der Waals surface area contributed by atoms with Crippen LogP contribution in [0.25, 0.3) is 55.7 Å². The van der Waals surface area contributed by atoms with Gasteiger partial charge in [-0.1, -0.05) is 12.1 Å². The third-order valence-electron chi connectivity index (χ3n) is 11.0. The first-order chi connectivity index (χ1) is 32.0. The SMILES string of the molecule is Cc1nc2cc(-c3ccc4ncc(C(=O)N5CC(N6CCNC(C)(C)C6)C5)n4c3)ccc2o1.[2H]C1([2H])OC([2H])([2H])C([2H])([2H])N(C(=O)c2cnc3ccc(-c4ccc5oc(C)nc5c4)cn23)C1([2H])[2H]. The number of carbonyl (C=O) groups is 2. The van der Waals surface area contributed by atoms with Gasteiger partial charge in [-0.25, -0.2) is 19.9 Å². The first-order valence-corrected chi connectivity index (χ1v) is 19.5. The van der Waals surface area contributed by atoms with Crippen LogP contribution in [0.4, 0.5) is 0 Å². The topological polar surface area (TPSA) is 152 Å². The Bertz CT molecular complexity index is 3280. The van der Waals surface area contributed by atoms with Crippen molar-refractivity contribution in [3.05, 3.63) is 109 Å². The molecule has 8 aromatic rings. The van der Waals surface area contributed by atoms with Crippen LogP contribution >= 0.6 is 0 Å². The van der Waals surface area contributed by atoms with Crippen LogP contribution in [0, 0.1) is 13.8 Å². The summed E-state index contributed by atoms with van der Waals surface area (Å²) in [6.07, 6.45) is 6.31. The van der Waals surface area contributed by atoms with E-state index in [0.29, 0.717) is 40.2 Å². The zero-order valence-corrected chi connectivity index (χ0v) is 33.3. The van der Waals surface area contributed by atoms with Crippen molar-refractivity contribution in [1.82, 2.24) is 48.8 Å². The van der Waals surface area contributed by atoms with Crippen LogP contribution in [0.15, 0.2) is 94.3 Å². The van der Waals surface area contributed by atoms with Crippen LogP contribution in [0.2, 0.25) is 0 Å². The van der Waals surface area contributed by atoms with Gasteiger partial charge in [0.15, 0.2) is 22.9 Å². The van der Waals surface area contributed by atoms with Gasteiger partial charge < -0.3 is 28.7 Å². The molecule has 3 aliphatic heterocycles. The van der Waals surface area contributed by atoms with Gasteiger partial charge >= 0.3 is 0 Å². The molecule has 0 aliphatic carbocycles. The largest absolute Gasteiger partial charge is 0.441 e. The molecular weight excluding hydrogens is 761 g/mol. The number of pyridine rings is 2. The zero-order chi connectivity index (χ0) is 48.3. The number of amides is 2. The van der Waals surface area contributed by atoms with Crippen molar-refractivity contribution in [3.63, 3.8) is 0 Å². The molecule has 1 N–H and O–H groups in total. The number of ether oxygens (including phenoxy) is 1. The summed E-state index contributed by atoms with van der Waals surface area (Å²) in [6.45, 7) is -0.770. The number of aromatic nitrogens is 6. The van der Waals surface area contributed by atoms with Crippen molar-refractivity contribution in [3.8, 4) is 22.3 Å². The van der Waals surface area contributed by atoms with Crippen LogP contribution < -0.4 is 5.32 Å². The molecule has 0 spiro atoms. The molecule has 3 aliphatic rings. The summed E-state index contributed by atoms with van der Waals surface area (Å²) in [5.41, 5.74) is 7.70. The summed E-state index contributed by atoms with van der Waals surface area (Å²) < 4.78 is 82.6. The summed E-state index contributed by atoms with van der Waals surface area (Å²) in [7, 11) is 0. The minimum atomic E-state index is -3.35. The monoisotopic (exact) mass is 814 g/mol. The van der Waals surface area contributed by atoms with Gasteiger partial charge in [0.25, 0.3) is 11.8 Å². The van der Waals surface area contributed by atoms with Crippen LogP contribution in [0.1, 0.15) is 57.6 Å². The van der Waals surface area contributed by atoms with Crippen LogP contribution in [0.5, 0.6) is 0 Å². The lowest BCUT2D eigenvalue weighted by atomic mass is 9.98. The van der Waals surface area contributed by atoms with E-state index in [-0.39, 0.29) is 27.7 Å². The Morgan fingerprint density at radius 1 is 0.733 bits per heavy atom. The summed E-state index contributed by atoms with van der Waals surface area (Å²) >= 11 is 0. The minimum Gasteiger partial charge on any atom is -0.441 e. The average molecular weight is 815 g/mol. The lowest BCUT2D eigenvalue weighted by molar-refractivity contribution is 0.00823. The number of nitrogens with zero attached hydrogens (tertiary/aromatic N) is 9. The molecular formula is C45H46N10O5. The van der Waals surface area contributed by atoms with Crippen molar-refractivity contribution in [2.75, 3.05) is 58.8 Å². The van der Waals surface area contributed by atoms with Crippen LogP contribution in [-0.4, -0.2) is 126 Å². The van der Waals surface area contributed by atoms with Crippen molar-refractivity contribution in [2.24, 2.45) is 0 Å².